The molecule has 3 heterocycles. The van der Waals surface area contributed by atoms with Gasteiger partial charge in [-0.25, -0.2) is 4.98 Å². The van der Waals surface area contributed by atoms with Crippen molar-refractivity contribution in [3.8, 4) is 0 Å². The van der Waals surface area contributed by atoms with Crippen LogP contribution in [0.2, 0.25) is 5.28 Å². The van der Waals surface area contributed by atoms with Crippen LogP contribution < -0.4 is 5.32 Å². The Morgan fingerprint density at radius 2 is 1.82 bits per heavy atom. The van der Waals surface area contributed by atoms with Gasteiger partial charge in [-0.15, -0.1) is 0 Å². The van der Waals surface area contributed by atoms with Crippen LogP contribution in [0.5, 0.6) is 0 Å². The second-order valence-corrected chi connectivity index (χ2v) is 16.9. The molecule has 4 bridgehead atoms. The fourth-order valence-corrected chi connectivity index (χ4v) is 11.0. The highest BCUT2D eigenvalue weighted by Crippen LogP contribution is 2.67. The Morgan fingerprint density at radius 1 is 1.15 bits per heavy atom. The van der Waals surface area contributed by atoms with Gasteiger partial charge in [0.05, 0.1) is 12.9 Å². The van der Waals surface area contributed by atoms with Crippen molar-refractivity contribution in [1.29, 1.82) is 0 Å². The Kier molecular flexibility index (Phi) is 6.66. The molecule has 4 saturated carbocycles. The summed E-state index contributed by atoms with van der Waals surface area (Å²) in [5.74, 6) is 1.11. The molecule has 2 aromatic rings. The molecule has 17 heteroatoms. The van der Waals surface area contributed by atoms with Gasteiger partial charge in [-0.05, 0) is 66.9 Å². The molecule has 0 aromatic carbocycles. The molecule has 40 heavy (non-hydrogen) atoms. The lowest BCUT2D eigenvalue weighted by Gasteiger charge is -2.65. The fraction of sp³-hybridized carbons (Fsp3) is 0.783. The second kappa shape index (κ2) is 9.29. The number of aliphatic hydroxyl groups excluding tert-OH is 2. The number of aromatic nitrogens is 4. The average molecular weight is 622 g/mol. The van der Waals surface area contributed by atoms with Crippen LogP contribution in [-0.2, 0) is 23.6 Å². The lowest BCUT2D eigenvalue weighted by Crippen LogP contribution is -2.61. The van der Waals surface area contributed by atoms with E-state index in [1.807, 2.05) is 0 Å². The molecule has 2 aromatic heterocycles. The number of fused-ring (bicyclic) bond motifs is 1. The first-order valence-electron chi connectivity index (χ1n) is 13.1. The summed E-state index contributed by atoms with van der Waals surface area (Å²) in [6, 6.07) is 0. The van der Waals surface area contributed by atoms with Crippen LogP contribution in [0, 0.1) is 16.7 Å². The minimum absolute atomic E-state index is 0.0460. The van der Waals surface area contributed by atoms with E-state index in [0.29, 0.717) is 17.3 Å². The molecule has 7 rings (SSSR count). The predicted molar refractivity (Wildman–Crippen MR) is 142 cm³/mol. The van der Waals surface area contributed by atoms with Crippen molar-refractivity contribution in [3.63, 3.8) is 0 Å². The van der Waals surface area contributed by atoms with E-state index < -0.39 is 54.4 Å². The Morgan fingerprint density at radius 3 is 2.45 bits per heavy atom. The van der Waals surface area contributed by atoms with Gasteiger partial charge in [-0.3, -0.25) is 13.3 Å². The van der Waals surface area contributed by atoms with Gasteiger partial charge in [0, 0.05) is 5.54 Å². The SMILES string of the molecule is C[C@]12CC3CC(Nc4nc(Cl)nc5c4ncn5[C@@H]4O[C@H](COS(=O)(=O)CP(=O)(O)O)C(O)[C@@H]4O)(C1)C[C@@](C)(C3)C2. The van der Waals surface area contributed by atoms with Gasteiger partial charge in [-0.1, -0.05) is 13.8 Å². The van der Waals surface area contributed by atoms with Gasteiger partial charge in [0.2, 0.25) is 5.28 Å². The minimum atomic E-state index is -4.90. The monoisotopic (exact) mass is 621 g/mol. The molecule has 3 unspecified atom stereocenters. The van der Waals surface area contributed by atoms with E-state index >= 15 is 0 Å². The summed E-state index contributed by atoms with van der Waals surface area (Å²) in [5, 5.41) is 24.9. The second-order valence-electron chi connectivity index (χ2n) is 12.9. The maximum Gasteiger partial charge on any atom is 0.343 e. The molecule has 0 radical (unpaired) electrons. The summed E-state index contributed by atoms with van der Waals surface area (Å²) in [4.78, 5) is 31.1. The highest BCUT2D eigenvalue weighted by molar-refractivity contribution is 7.93. The van der Waals surface area contributed by atoms with E-state index in [9.17, 15) is 23.2 Å². The third kappa shape index (κ3) is 5.29. The summed E-state index contributed by atoms with van der Waals surface area (Å²) in [6.07, 6.45) is 2.44. The molecule has 0 spiro atoms. The van der Waals surface area contributed by atoms with E-state index in [1.54, 1.807) is 0 Å². The number of anilines is 1. The van der Waals surface area contributed by atoms with Crippen LogP contribution in [0.4, 0.5) is 5.82 Å². The van der Waals surface area contributed by atoms with Crippen LogP contribution in [0.15, 0.2) is 6.33 Å². The maximum atomic E-state index is 11.9. The van der Waals surface area contributed by atoms with Gasteiger partial charge >= 0.3 is 7.60 Å². The standard InChI is InChI=1S/C23H33ClN5O9PS/c1-21-3-12-4-22(2,7-21)9-23(5-12,8-21)28-17-14-18(27-20(24)26-17)29(10-25-14)19-16(31)15(30)13(38-19)6-37-40(35,36)11-39(32,33)34/h10,12-13,15-16,19,30-31H,3-9,11H2,1-2H3,(H,26,27,28)(H2,32,33,34)/t12?,13-,15?,16+,19-,21-,22+,23?/m1/s1. The van der Waals surface area contributed by atoms with E-state index in [-0.39, 0.29) is 27.3 Å². The van der Waals surface area contributed by atoms with Crippen LogP contribution in [0.3, 0.4) is 0 Å². The lowest BCUT2D eigenvalue weighted by molar-refractivity contribution is -0.0973. The third-order valence-electron chi connectivity index (χ3n) is 8.75. The van der Waals surface area contributed by atoms with Gasteiger partial charge < -0.3 is 30.1 Å². The van der Waals surface area contributed by atoms with E-state index in [2.05, 4.69) is 38.3 Å². The van der Waals surface area contributed by atoms with E-state index in [0.717, 1.165) is 19.3 Å². The van der Waals surface area contributed by atoms with E-state index in [4.69, 9.17) is 26.1 Å². The quantitative estimate of drug-likeness (QED) is 0.162. The fourth-order valence-electron chi connectivity index (χ4n) is 8.51. The van der Waals surface area contributed by atoms with Crippen molar-refractivity contribution in [2.45, 2.75) is 82.5 Å². The Balaban J connectivity index is 1.25. The van der Waals surface area contributed by atoms with Gasteiger partial charge in [-0.2, -0.15) is 18.4 Å². The van der Waals surface area contributed by atoms with Crippen molar-refractivity contribution >= 4 is 46.3 Å². The molecule has 222 valence electrons. The number of rotatable bonds is 8. The van der Waals surface area contributed by atoms with Crippen molar-refractivity contribution in [2.24, 2.45) is 16.7 Å². The topological polar surface area (TPSA) is 206 Å². The minimum Gasteiger partial charge on any atom is -0.387 e. The Hall–Kier alpha value is -1.42. The van der Waals surface area contributed by atoms with Crippen LogP contribution in [0.1, 0.15) is 58.6 Å². The number of nitrogens with zero attached hydrogens (tertiary/aromatic N) is 4. The zero-order valence-corrected chi connectivity index (χ0v) is 24.4. The first-order chi connectivity index (χ1) is 18.5. The van der Waals surface area contributed by atoms with Crippen molar-refractivity contribution in [2.75, 3.05) is 17.4 Å². The smallest absolute Gasteiger partial charge is 0.343 e. The number of aliphatic hydroxyl groups is 2. The largest absolute Gasteiger partial charge is 0.387 e. The number of hydrogen-bond acceptors (Lipinski definition) is 11. The molecule has 1 aliphatic heterocycles. The molecule has 0 amide bonds. The molecular formula is C23H33ClN5O9PS. The third-order valence-corrected chi connectivity index (χ3v) is 12.0. The van der Waals surface area contributed by atoms with Crippen LogP contribution in [-0.4, -0.2) is 83.9 Å². The van der Waals surface area contributed by atoms with Crippen molar-refractivity contribution < 1.29 is 41.9 Å². The molecule has 5 N–H and O–H groups in total. The lowest BCUT2D eigenvalue weighted by atomic mass is 9.43. The number of nitrogens with one attached hydrogen (secondary N) is 1. The average Bonchev–Trinajstić information content (AvgIpc) is 3.29. The summed E-state index contributed by atoms with van der Waals surface area (Å²) in [7, 11) is -9.52. The molecule has 8 atom stereocenters. The highest BCUT2D eigenvalue weighted by Gasteiger charge is 2.60. The van der Waals surface area contributed by atoms with Gasteiger partial charge in [0.15, 0.2) is 28.7 Å². The summed E-state index contributed by atoms with van der Waals surface area (Å²) < 4.78 is 46.6. The summed E-state index contributed by atoms with van der Waals surface area (Å²) in [6.45, 7) is 3.96. The van der Waals surface area contributed by atoms with Crippen LogP contribution in [0.25, 0.3) is 11.2 Å². The van der Waals surface area contributed by atoms with Crippen molar-refractivity contribution in [3.05, 3.63) is 11.6 Å². The molecule has 5 aliphatic rings. The number of hydrogen-bond donors (Lipinski definition) is 5. The first-order valence-corrected chi connectivity index (χ1v) is 16.8. The van der Waals surface area contributed by atoms with Gasteiger partial charge in [0.1, 0.15) is 18.3 Å². The zero-order chi connectivity index (χ0) is 28.9. The first kappa shape index (κ1) is 28.7. The number of halogens is 1. The number of imidazole rings is 1. The summed E-state index contributed by atoms with van der Waals surface area (Å²) >= 11 is 6.34. The highest BCUT2D eigenvalue weighted by atomic mass is 35.5. The van der Waals surface area contributed by atoms with E-state index in [1.165, 1.54) is 30.2 Å². The molecule has 14 nitrogen and oxygen atoms in total. The molecular weight excluding hydrogens is 589 g/mol. The molecule has 1 saturated heterocycles. The van der Waals surface area contributed by atoms with Gasteiger partial charge in [0.25, 0.3) is 10.1 Å². The number of ether oxygens (including phenoxy) is 1. The normalized spacial score (nSPS) is 39.3. The summed E-state index contributed by atoms with van der Waals surface area (Å²) in [5.41, 5.74) is -0.514. The maximum absolute atomic E-state index is 11.9. The Labute approximate surface area is 235 Å². The van der Waals surface area contributed by atoms with Crippen molar-refractivity contribution in [1.82, 2.24) is 19.5 Å². The molecule has 4 aliphatic carbocycles. The molecule has 5 fully saturated rings. The zero-order valence-electron chi connectivity index (χ0n) is 22.0. The predicted octanol–water partition coefficient (Wildman–Crippen LogP) is 1.74. The van der Waals surface area contributed by atoms with Crippen LogP contribution >= 0.6 is 19.2 Å². The Bertz CT molecular complexity index is 1480.